The molecular weight excluding hydrogens is 356 g/mol. The molecule has 0 fully saturated rings. The van der Waals surface area contributed by atoms with Gasteiger partial charge in [-0.25, -0.2) is 13.1 Å². The lowest BCUT2D eigenvalue weighted by Gasteiger charge is -2.11. The number of nitrogen functional groups attached to an aromatic ring is 1. The van der Waals surface area contributed by atoms with Crippen molar-refractivity contribution in [2.75, 3.05) is 12.8 Å². The molecule has 2 aromatic carbocycles. The number of ether oxygens (including phenoxy) is 1. The van der Waals surface area contributed by atoms with Gasteiger partial charge in [0, 0.05) is 6.07 Å². The van der Waals surface area contributed by atoms with E-state index in [0.29, 0.717) is 11.5 Å². The number of halogens is 1. The number of hydrogen-bond acceptors (Lipinski definition) is 4. The molecule has 0 aliphatic rings. The standard InChI is InChI=1S/C14H15BrN2O3S/c1-9-3-5-13(11(15)7-9)20-10-4-6-14(12(16)8-10)21(18,19)17-2/h3-8,17H,16H2,1-2H3. The Morgan fingerprint density at radius 2 is 1.90 bits per heavy atom. The summed E-state index contributed by atoms with van der Waals surface area (Å²) in [7, 11) is -2.24. The third-order valence-electron chi connectivity index (χ3n) is 2.85. The molecule has 0 heterocycles. The van der Waals surface area contributed by atoms with Gasteiger partial charge in [0.15, 0.2) is 0 Å². The van der Waals surface area contributed by atoms with Crippen LogP contribution >= 0.6 is 15.9 Å². The Bertz CT molecular complexity index is 776. The Morgan fingerprint density at radius 1 is 1.19 bits per heavy atom. The molecule has 0 aliphatic carbocycles. The zero-order chi connectivity index (χ0) is 15.6. The Kier molecular flexibility index (Phi) is 4.55. The second-order valence-electron chi connectivity index (χ2n) is 4.44. The predicted molar refractivity (Wildman–Crippen MR) is 86.1 cm³/mol. The Morgan fingerprint density at radius 3 is 2.48 bits per heavy atom. The van der Waals surface area contributed by atoms with Gasteiger partial charge in [-0.1, -0.05) is 6.07 Å². The van der Waals surface area contributed by atoms with Crippen molar-refractivity contribution in [2.24, 2.45) is 0 Å². The van der Waals surface area contributed by atoms with Crippen molar-refractivity contribution in [1.29, 1.82) is 0 Å². The van der Waals surface area contributed by atoms with E-state index >= 15 is 0 Å². The lowest BCUT2D eigenvalue weighted by molar-refractivity contribution is 0.479. The molecule has 3 N–H and O–H groups in total. The van der Waals surface area contributed by atoms with Crippen molar-refractivity contribution in [3.63, 3.8) is 0 Å². The van der Waals surface area contributed by atoms with Crippen LogP contribution < -0.4 is 15.2 Å². The highest BCUT2D eigenvalue weighted by Crippen LogP contribution is 2.32. The van der Waals surface area contributed by atoms with Crippen LogP contribution in [0.1, 0.15) is 5.56 Å². The smallest absolute Gasteiger partial charge is 0.242 e. The second-order valence-corrected chi connectivity index (χ2v) is 7.15. The highest BCUT2D eigenvalue weighted by Gasteiger charge is 2.16. The van der Waals surface area contributed by atoms with Crippen molar-refractivity contribution in [2.45, 2.75) is 11.8 Å². The quantitative estimate of drug-likeness (QED) is 0.810. The van der Waals surface area contributed by atoms with Gasteiger partial charge in [-0.3, -0.25) is 0 Å². The van der Waals surface area contributed by atoms with E-state index < -0.39 is 10.0 Å². The number of benzene rings is 2. The molecule has 2 rings (SSSR count). The summed E-state index contributed by atoms with van der Waals surface area (Å²) in [4.78, 5) is 0.0281. The maximum atomic E-state index is 11.7. The highest BCUT2D eigenvalue weighted by atomic mass is 79.9. The number of hydrogen-bond donors (Lipinski definition) is 2. The van der Waals surface area contributed by atoms with Gasteiger partial charge in [0.2, 0.25) is 10.0 Å². The molecule has 7 heteroatoms. The zero-order valence-corrected chi connectivity index (χ0v) is 14.0. The number of nitrogens with one attached hydrogen (secondary N) is 1. The van der Waals surface area contributed by atoms with Gasteiger partial charge in [-0.15, -0.1) is 0 Å². The van der Waals surface area contributed by atoms with Crippen LogP contribution in [0.25, 0.3) is 0 Å². The number of rotatable bonds is 4. The summed E-state index contributed by atoms with van der Waals surface area (Å²) in [6, 6.07) is 10.1. The summed E-state index contributed by atoms with van der Waals surface area (Å²) in [5, 5.41) is 0. The van der Waals surface area contributed by atoms with Crippen LogP contribution in [-0.2, 0) is 10.0 Å². The molecule has 5 nitrogen and oxygen atoms in total. The first kappa shape index (κ1) is 15.8. The van der Waals surface area contributed by atoms with Crippen molar-refractivity contribution < 1.29 is 13.2 Å². The SMILES string of the molecule is CNS(=O)(=O)c1ccc(Oc2ccc(C)cc2Br)cc1N. The molecule has 0 atom stereocenters. The largest absolute Gasteiger partial charge is 0.456 e. The van der Waals surface area contributed by atoms with E-state index in [-0.39, 0.29) is 10.6 Å². The lowest BCUT2D eigenvalue weighted by Crippen LogP contribution is -2.19. The molecule has 0 spiro atoms. The number of sulfonamides is 1. The average molecular weight is 371 g/mol. The summed E-state index contributed by atoms with van der Waals surface area (Å²) >= 11 is 3.42. The van der Waals surface area contributed by atoms with E-state index in [9.17, 15) is 8.42 Å². The predicted octanol–water partition coefficient (Wildman–Crippen LogP) is 3.04. The Hall–Kier alpha value is -1.57. The fourth-order valence-corrected chi connectivity index (χ4v) is 3.17. The second kappa shape index (κ2) is 6.05. The summed E-state index contributed by atoms with van der Waals surface area (Å²) in [5.74, 6) is 1.09. The molecular formula is C14H15BrN2O3S. The minimum atomic E-state index is -3.57. The molecule has 0 bridgehead atoms. The van der Waals surface area contributed by atoms with Crippen LogP contribution in [0.15, 0.2) is 45.8 Å². The summed E-state index contributed by atoms with van der Waals surface area (Å²) in [5.41, 5.74) is 7.02. The molecule has 0 amide bonds. The zero-order valence-electron chi connectivity index (χ0n) is 11.6. The molecule has 21 heavy (non-hydrogen) atoms. The third kappa shape index (κ3) is 3.55. The molecule has 0 saturated heterocycles. The maximum absolute atomic E-state index is 11.7. The first-order valence-corrected chi connectivity index (χ1v) is 8.38. The topological polar surface area (TPSA) is 81.4 Å². The average Bonchev–Trinajstić information content (AvgIpc) is 2.42. The van der Waals surface area contributed by atoms with Gasteiger partial charge in [0.1, 0.15) is 16.4 Å². The summed E-state index contributed by atoms with van der Waals surface area (Å²) in [6.45, 7) is 1.98. The molecule has 0 aromatic heterocycles. The molecule has 0 saturated carbocycles. The first-order valence-electron chi connectivity index (χ1n) is 6.10. The van der Waals surface area contributed by atoms with Crippen molar-refractivity contribution in [1.82, 2.24) is 4.72 Å². The maximum Gasteiger partial charge on any atom is 0.242 e. The first-order chi connectivity index (χ1) is 9.83. The van der Waals surface area contributed by atoms with Crippen LogP contribution in [0.3, 0.4) is 0 Å². The minimum absolute atomic E-state index is 0.0281. The van der Waals surface area contributed by atoms with E-state index in [1.54, 1.807) is 6.07 Å². The van der Waals surface area contributed by atoms with Gasteiger partial charge < -0.3 is 10.5 Å². The highest BCUT2D eigenvalue weighted by molar-refractivity contribution is 9.10. The van der Waals surface area contributed by atoms with E-state index in [1.807, 2.05) is 25.1 Å². The fraction of sp³-hybridized carbons (Fsp3) is 0.143. The van der Waals surface area contributed by atoms with E-state index in [1.165, 1.54) is 19.2 Å². The van der Waals surface area contributed by atoms with Crippen molar-refractivity contribution in [3.8, 4) is 11.5 Å². The number of anilines is 1. The monoisotopic (exact) mass is 370 g/mol. The van der Waals surface area contributed by atoms with Crippen molar-refractivity contribution >= 4 is 31.6 Å². The lowest BCUT2D eigenvalue weighted by atomic mass is 10.2. The van der Waals surface area contributed by atoms with Gasteiger partial charge in [0.25, 0.3) is 0 Å². The molecule has 0 radical (unpaired) electrons. The molecule has 0 aliphatic heterocycles. The molecule has 112 valence electrons. The Balaban J connectivity index is 2.33. The molecule has 2 aromatic rings. The number of aryl methyl sites for hydroxylation is 1. The van der Waals surface area contributed by atoms with Gasteiger partial charge in [0.05, 0.1) is 10.2 Å². The third-order valence-corrected chi connectivity index (χ3v) is 4.96. The van der Waals surface area contributed by atoms with Gasteiger partial charge in [-0.05, 0) is 59.7 Å². The van der Waals surface area contributed by atoms with E-state index in [0.717, 1.165) is 10.0 Å². The van der Waals surface area contributed by atoms with E-state index in [4.69, 9.17) is 10.5 Å². The fourth-order valence-electron chi connectivity index (χ4n) is 1.76. The number of nitrogens with two attached hydrogens (primary N) is 1. The van der Waals surface area contributed by atoms with Crippen LogP contribution in [-0.4, -0.2) is 15.5 Å². The van der Waals surface area contributed by atoms with Crippen LogP contribution in [0.2, 0.25) is 0 Å². The normalized spacial score (nSPS) is 11.4. The van der Waals surface area contributed by atoms with Gasteiger partial charge in [-0.2, -0.15) is 0 Å². The van der Waals surface area contributed by atoms with Gasteiger partial charge >= 0.3 is 0 Å². The molecule has 0 unspecified atom stereocenters. The van der Waals surface area contributed by atoms with Crippen molar-refractivity contribution in [3.05, 3.63) is 46.4 Å². The Labute approximate surface area is 132 Å². The van der Waals surface area contributed by atoms with Crippen LogP contribution in [0, 0.1) is 6.92 Å². The minimum Gasteiger partial charge on any atom is -0.456 e. The summed E-state index contributed by atoms with van der Waals surface area (Å²) in [6.07, 6.45) is 0. The van der Waals surface area contributed by atoms with Crippen LogP contribution in [0.4, 0.5) is 5.69 Å². The summed E-state index contributed by atoms with van der Waals surface area (Å²) < 4.78 is 32.2. The van der Waals surface area contributed by atoms with E-state index in [2.05, 4.69) is 20.7 Å². The van der Waals surface area contributed by atoms with Crippen LogP contribution in [0.5, 0.6) is 11.5 Å².